The van der Waals surface area contributed by atoms with Crippen molar-refractivity contribution in [3.63, 3.8) is 0 Å². The van der Waals surface area contributed by atoms with Crippen LogP contribution in [0, 0.1) is 17.2 Å². The van der Waals surface area contributed by atoms with Crippen molar-refractivity contribution in [2.75, 3.05) is 19.9 Å². The van der Waals surface area contributed by atoms with Crippen molar-refractivity contribution in [1.82, 2.24) is 5.32 Å². The summed E-state index contributed by atoms with van der Waals surface area (Å²) in [5.74, 6) is 1.95. The van der Waals surface area contributed by atoms with Crippen molar-refractivity contribution in [3.8, 4) is 17.6 Å². The molecule has 18 heavy (non-hydrogen) atoms. The number of nitrogens with zero attached hydrogens (tertiary/aromatic N) is 1. The Kier molecular flexibility index (Phi) is 3.07. The zero-order chi connectivity index (χ0) is 12.4. The van der Waals surface area contributed by atoms with Gasteiger partial charge < -0.3 is 14.8 Å². The maximum atomic E-state index is 9.44. The third-order valence-corrected chi connectivity index (χ3v) is 3.75. The van der Waals surface area contributed by atoms with Crippen molar-refractivity contribution in [2.24, 2.45) is 5.92 Å². The fraction of sp³-hybridized carbons (Fsp3) is 0.500. The van der Waals surface area contributed by atoms with Gasteiger partial charge in [-0.1, -0.05) is 6.07 Å². The first-order chi connectivity index (χ1) is 8.88. The van der Waals surface area contributed by atoms with Gasteiger partial charge in [0.15, 0.2) is 11.5 Å². The summed E-state index contributed by atoms with van der Waals surface area (Å²) in [5.41, 5.74) is 1.05. The molecular weight excluding hydrogens is 228 g/mol. The number of nitriles is 1. The summed E-state index contributed by atoms with van der Waals surface area (Å²) in [6.07, 6.45) is 2.12. The van der Waals surface area contributed by atoms with Crippen LogP contribution in [0.2, 0.25) is 0 Å². The summed E-state index contributed by atoms with van der Waals surface area (Å²) in [6, 6.07) is 8.31. The molecule has 0 amide bonds. The summed E-state index contributed by atoms with van der Waals surface area (Å²) in [6.45, 7) is 2.30. The van der Waals surface area contributed by atoms with E-state index < -0.39 is 0 Å². The number of ether oxygens (including phenoxy) is 2. The van der Waals surface area contributed by atoms with Gasteiger partial charge in [0.05, 0.1) is 12.0 Å². The summed E-state index contributed by atoms with van der Waals surface area (Å²) in [7, 11) is 0. The molecule has 3 rings (SSSR count). The van der Waals surface area contributed by atoms with E-state index in [1.165, 1.54) is 0 Å². The van der Waals surface area contributed by atoms with Crippen molar-refractivity contribution in [3.05, 3.63) is 23.8 Å². The van der Waals surface area contributed by atoms with Gasteiger partial charge in [-0.15, -0.1) is 0 Å². The van der Waals surface area contributed by atoms with Gasteiger partial charge in [-0.25, -0.2) is 0 Å². The smallest absolute Gasteiger partial charge is 0.231 e. The molecule has 0 aliphatic carbocycles. The van der Waals surface area contributed by atoms with Crippen LogP contribution >= 0.6 is 0 Å². The number of benzene rings is 1. The molecule has 1 N–H and O–H groups in total. The predicted octanol–water partition coefficient (Wildman–Crippen LogP) is 2.02. The average Bonchev–Trinajstić information content (AvgIpc) is 2.88. The second kappa shape index (κ2) is 4.87. The molecule has 2 heterocycles. The lowest BCUT2D eigenvalue weighted by atomic mass is 9.81. The SMILES string of the molecule is N#CC(c1ccc2c(c1)OCO2)C1CCNCC1. The van der Waals surface area contributed by atoms with Gasteiger partial charge in [0.1, 0.15) is 0 Å². The van der Waals surface area contributed by atoms with Crippen LogP contribution in [0.4, 0.5) is 0 Å². The Hall–Kier alpha value is -1.73. The maximum absolute atomic E-state index is 9.44. The first-order valence-electron chi connectivity index (χ1n) is 6.38. The summed E-state index contributed by atoms with van der Waals surface area (Å²) < 4.78 is 10.7. The molecule has 1 aromatic rings. The first kappa shape index (κ1) is 11.4. The van der Waals surface area contributed by atoms with E-state index in [-0.39, 0.29) is 12.7 Å². The third-order valence-electron chi connectivity index (χ3n) is 3.75. The lowest BCUT2D eigenvalue weighted by Gasteiger charge is -2.26. The van der Waals surface area contributed by atoms with Crippen LogP contribution in [0.15, 0.2) is 18.2 Å². The van der Waals surface area contributed by atoms with E-state index in [0.717, 1.165) is 43.0 Å². The highest BCUT2D eigenvalue weighted by molar-refractivity contribution is 5.46. The van der Waals surface area contributed by atoms with E-state index in [9.17, 15) is 5.26 Å². The lowest BCUT2D eigenvalue weighted by Crippen LogP contribution is -2.30. The predicted molar refractivity (Wildman–Crippen MR) is 66.5 cm³/mol. The van der Waals surface area contributed by atoms with E-state index in [0.29, 0.717) is 5.92 Å². The zero-order valence-electron chi connectivity index (χ0n) is 10.2. The van der Waals surface area contributed by atoms with Crippen LogP contribution in [0.1, 0.15) is 24.3 Å². The highest BCUT2D eigenvalue weighted by Crippen LogP contribution is 2.38. The van der Waals surface area contributed by atoms with Crippen molar-refractivity contribution in [2.45, 2.75) is 18.8 Å². The van der Waals surface area contributed by atoms with Gasteiger partial charge >= 0.3 is 0 Å². The molecule has 0 saturated carbocycles. The van der Waals surface area contributed by atoms with E-state index in [1.807, 2.05) is 18.2 Å². The molecule has 1 fully saturated rings. The van der Waals surface area contributed by atoms with Crippen LogP contribution in [0.3, 0.4) is 0 Å². The van der Waals surface area contributed by atoms with E-state index in [2.05, 4.69) is 11.4 Å². The summed E-state index contributed by atoms with van der Waals surface area (Å²) in [4.78, 5) is 0. The topological polar surface area (TPSA) is 54.3 Å². The molecule has 1 aromatic carbocycles. The van der Waals surface area contributed by atoms with Crippen LogP contribution in [-0.2, 0) is 0 Å². The Bertz CT molecular complexity index is 475. The minimum Gasteiger partial charge on any atom is -0.454 e. The molecule has 1 saturated heterocycles. The van der Waals surface area contributed by atoms with Gasteiger partial charge in [0.2, 0.25) is 6.79 Å². The molecule has 0 radical (unpaired) electrons. The summed E-state index contributed by atoms with van der Waals surface area (Å²) in [5, 5.41) is 12.8. The van der Waals surface area contributed by atoms with Gasteiger partial charge in [-0.05, 0) is 49.5 Å². The number of fused-ring (bicyclic) bond motifs is 1. The van der Waals surface area contributed by atoms with Gasteiger partial charge in [-0.3, -0.25) is 0 Å². The highest BCUT2D eigenvalue weighted by Gasteiger charge is 2.26. The quantitative estimate of drug-likeness (QED) is 0.864. The molecule has 0 bridgehead atoms. The Morgan fingerprint density at radius 1 is 1.22 bits per heavy atom. The minimum absolute atomic E-state index is 0.0402. The van der Waals surface area contributed by atoms with Crippen LogP contribution in [-0.4, -0.2) is 19.9 Å². The molecular formula is C14H16N2O2. The monoisotopic (exact) mass is 244 g/mol. The normalized spacial score (nSPS) is 20.4. The Labute approximate surface area is 107 Å². The minimum atomic E-state index is -0.0402. The Morgan fingerprint density at radius 2 is 2.00 bits per heavy atom. The number of hydrogen-bond donors (Lipinski definition) is 1. The fourth-order valence-corrected chi connectivity index (χ4v) is 2.74. The summed E-state index contributed by atoms with van der Waals surface area (Å²) >= 11 is 0. The largest absolute Gasteiger partial charge is 0.454 e. The highest BCUT2D eigenvalue weighted by atomic mass is 16.7. The molecule has 0 aromatic heterocycles. The van der Waals surface area contributed by atoms with Gasteiger partial charge in [0, 0.05) is 0 Å². The van der Waals surface area contributed by atoms with Gasteiger partial charge in [-0.2, -0.15) is 5.26 Å². The Morgan fingerprint density at radius 3 is 2.78 bits per heavy atom. The average molecular weight is 244 g/mol. The van der Waals surface area contributed by atoms with Crippen LogP contribution in [0.5, 0.6) is 11.5 Å². The maximum Gasteiger partial charge on any atom is 0.231 e. The lowest BCUT2D eigenvalue weighted by molar-refractivity contribution is 0.174. The molecule has 1 unspecified atom stereocenters. The van der Waals surface area contributed by atoms with Crippen molar-refractivity contribution < 1.29 is 9.47 Å². The molecule has 4 heteroatoms. The number of piperidine rings is 1. The van der Waals surface area contributed by atoms with Crippen LogP contribution in [0.25, 0.3) is 0 Å². The first-order valence-corrected chi connectivity index (χ1v) is 6.38. The van der Waals surface area contributed by atoms with Gasteiger partial charge in [0.25, 0.3) is 0 Å². The van der Waals surface area contributed by atoms with Crippen LogP contribution < -0.4 is 14.8 Å². The Balaban J connectivity index is 1.85. The number of rotatable bonds is 2. The molecule has 94 valence electrons. The second-order valence-corrected chi connectivity index (χ2v) is 4.81. The molecule has 0 spiro atoms. The fourth-order valence-electron chi connectivity index (χ4n) is 2.74. The van der Waals surface area contributed by atoms with Crippen molar-refractivity contribution in [1.29, 1.82) is 5.26 Å². The number of nitrogens with one attached hydrogen (secondary N) is 1. The molecule has 2 aliphatic heterocycles. The van der Waals surface area contributed by atoms with E-state index in [4.69, 9.17) is 9.47 Å². The van der Waals surface area contributed by atoms with Crippen molar-refractivity contribution >= 4 is 0 Å². The standard InChI is InChI=1S/C14H16N2O2/c15-8-12(10-3-5-16-6-4-10)11-1-2-13-14(7-11)18-9-17-13/h1-2,7,10,12,16H,3-6,9H2. The second-order valence-electron chi connectivity index (χ2n) is 4.81. The zero-order valence-corrected chi connectivity index (χ0v) is 10.2. The molecule has 2 aliphatic rings. The van der Waals surface area contributed by atoms with E-state index >= 15 is 0 Å². The number of hydrogen-bond acceptors (Lipinski definition) is 4. The molecule has 4 nitrogen and oxygen atoms in total. The molecule has 1 atom stereocenters. The third kappa shape index (κ3) is 2.02. The van der Waals surface area contributed by atoms with E-state index in [1.54, 1.807) is 0 Å².